The number of hydrogen-bond acceptors (Lipinski definition) is 6. The summed E-state index contributed by atoms with van der Waals surface area (Å²) in [6, 6.07) is 2.01. The summed E-state index contributed by atoms with van der Waals surface area (Å²) in [6.07, 6.45) is 7.12. The molecular weight excluding hydrogens is 306 g/mol. The highest BCUT2D eigenvalue weighted by atomic mass is 16.5. The first-order chi connectivity index (χ1) is 11.8. The minimum atomic E-state index is 0.0504. The normalized spacial score (nSPS) is 21.9. The second-order valence-corrected chi connectivity index (χ2v) is 6.32. The molecule has 4 rings (SSSR count). The molecule has 0 N–H and O–H groups in total. The summed E-state index contributed by atoms with van der Waals surface area (Å²) in [5.74, 6) is 0.311. The maximum atomic E-state index is 12.7. The fourth-order valence-corrected chi connectivity index (χ4v) is 3.48. The van der Waals surface area contributed by atoms with Crippen LogP contribution in [0.2, 0.25) is 0 Å². The maximum absolute atomic E-state index is 12.7. The van der Waals surface area contributed by atoms with Gasteiger partial charge in [-0.05, 0) is 18.9 Å². The summed E-state index contributed by atoms with van der Waals surface area (Å²) in [5, 5.41) is 0. The minimum Gasteiger partial charge on any atom is -0.378 e. The molecule has 4 heterocycles. The number of aromatic nitrogens is 3. The highest BCUT2D eigenvalue weighted by Crippen LogP contribution is 2.25. The number of carbonyl (C=O) groups excluding carboxylic acids is 1. The molecule has 2 aromatic rings. The van der Waals surface area contributed by atoms with Gasteiger partial charge in [0.2, 0.25) is 5.91 Å². The summed E-state index contributed by atoms with van der Waals surface area (Å²) in [6.45, 7) is 4.40. The Hall–Kier alpha value is -2.28. The van der Waals surface area contributed by atoms with Gasteiger partial charge in [-0.2, -0.15) is 0 Å². The number of fused-ring (bicyclic) bond motifs is 1. The van der Waals surface area contributed by atoms with Gasteiger partial charge in [0.25, 0.3) is 0 Å². The van der Waals surface area contributed by atoms with Crippen LogP contribution in [0, 0.1) is 5.92 Å². The Morgan fingerprint density at radius 3 is 2.83 bits per heavy atom. The predicted molar refractivity (Wildman–Crippen MR) is 89.7 cm³/mol. The molecule has 7 nitrogen and oxygen atoms in total. The van der Waals surface area contributed by atoms with Crippen molar-refractivity contribution in [3.63, 3.8) is 0 Å². The van der Waals surface area contributed by atoms with E-state index in [4.69, 9.17) is 4.74 Å². The molecule has 2 saturated heterocycles. The van der Waals surface area contributed by atoms with Crippen molar-refractivity contribution in [2.45, 2.75) is 12.8 Å². The zero-order valence-corrected chi connectivity index (χ0v) is 13.6. The Bertz CT molecular complexity index is 732. The number of carbonyl (C=O) groups is 1. The highest BCUT2D eigenvalue weighted by molar-refractivity contribution is 5.80. The van der Waals surface area contributed by atoms with E-state index in [0.29, 0.717) is 32.0 Å². The summed E-state index contributed by atoms with van der Waals surface area (Å²) < 4.78 is 5.34. The molecule has 0 spiro atoms. The molecule has 1 atom stereocenters. The van der Waals surface area contributed by atoms with Crippen molar-refractivity contribution in [2.24, 2.45) is 5.92 Å². The van der Waals surface area contributed by atoms with Crippen LogP contribution < -0.4 is 4.90 Å². The summed E-state index contributed by atoms with van der Waals surface area (Å²) >= 11 is 0. The molecule has 0 aliphatic carbocycles. The number of nitrogens with zero attached hydrogens (tertiary/aromatic N) is 5. The molecule has 0 radical (unpaired) electrons. The van der Waals surface area contributed by atoms with Crippen LogP contribution in [-0.4, -0.2) is 65.2 Å². The molecule has 0 bridgehead atoms. The summed E-state index contributed by atoms with van der Waals surface area (Å²) in [4.78, 5) is 29.9. The first-order valence-electron chi connectivity index (χ1n) is 8.49. The first-order valence-corrected chi connectivity index (χ1v) is 8.49. The van der Waals surface area contributed by atoms with E-state index in [2.05, 4.69) is 19.9 Å². The molecule has 2 aromatic heterocycles. The highest BCUT2D eigenvalue weighted by Gasteiger charge is 2.30. The predicted octanol–water partition coefficient (Wildman–Crippen LogP) is 1.10. The molecule has 24 heavy (non-hydrogen) atoms. The molecule has 0 aromatic carbocycles. The van der Waals surface area contributed by atoms with E-state index in [1.54, 1.807) is 12.4 Å². The number of ether oxygens (including phenoxy) is 1. The molecular formula is C17H21N5O2. The molecule has 0 saturated carbocycles. The van der Waals surface area contributed by atoms with E-state index in [1.165, 1.54) is 0 Å². The van der Waals surface area contributed by atoms with Crippen molar-refractivity contribution in [1.82, 2.24) is 19.9 Å². The van der Waals surface area contributed by atoms with Crippen molar-refractivity contribution < 1.29 is 9.53 Å². The van der Waals surface area contributed by atoms with E-state index in [9.17, 15) is 4.79 Å². The number of piperidine rings is 1. The fourth-order valence-electron chi connectivity index (χ4n) is 3.48. The average molecular weight is 327 g/mol. The molecule has 2 fully saturated rings. The number of anilines is 1. The van der Waals surface area contributed by atoms with Gasteiger partial charge in [0, 0.05) is 38.6 Å². The van der Waals surface area contributed by atoms with Gasteiger partial charge in [0.05, 0.1) is 31.0 Å². The van der Waals surface area contributed by atoms with Crippen molar-refractivity contribution >= 4 is 22.8 Å². The monoisotopic (exact) mass is 327 g/mol. The molecule has 2 aliphatic heterocycles. The molecule has 1 amide bonds. The third kappa shape index (κ3) is 3.03. The zero-order valence-electron chi connectivity index (χ0n) is 13.6. The Labute approximate surface area is 140 Å². The standard InChI is InChI=1S/C17H21N5O2/c23-17(21-6-8-24-9-7-21)13-2-1-5-22(12-13)14-10-15-16(20-11-14)19-4-3-18-15/h3-4,10-11,13H,1-2,5-9,12H2. The smallest absolute Gasteiger partial charge is 0.227 e. The van der Waals surface area contributed by atoms with Gasteiger partial charge in [-0.1, -0.05) is 0 Å². The van der Waals surface area contributed by atoms with Crippen molar-refractivity contribution in [1.29, 1.82) is 0 Å². The van der Waals surface area contributed by atoms with Crippen LogP contribution in [0.5, 0.6) is 0 Å². The van der Waals surface area contributed by atoms with Crippen molar-refractivity contribution in [3.8, 4) is 0 Å². The lowest BCUT2D eigenvalue weighted by atomic mass is 9.96. The largest absolute Gasteiger partial charge is 0.378 e. The van der Waals surface area contributed by atoms with E-state index in [1.807, 2.05) is 17.2 Å². The summed E-state index contributed by atoms with van der Waals surface area (Å²) in [7, 11) is 0. The van der Waals surface area contributed by atoms with E-state index >= 15 is 0 Å². The lowest BCUT2D eigenvalue weighted by molar-refractivity contribution is -0.139. The molecule has 2 aliphatic rings. The quantitative estimate of drug-likeness (QED) is 0.822. The topological polar surface area (TPSA) is 71.5 Å². The second kappa shape index (κ2) is 6.68. The number of amides is 1. The van der Waals surface area contributed by atoms with Crippen molar-refractivity contribution in [2.75, 3.05) is 44.3 Å². The minimum absolute atomic E-state index is 0.0504. The Morgan fingerprint density at radius 1 is 1.12 bits per heavy atom. The Kier molecular flexibility index (Phi) is 4.25. The van der Waals surface area contributed by atoms with Gasteiger partial charge in [0.15, 0.2) is 5.65 Å². The van der Waals surface area contributed by atoms with Gasteiger partial charge in [-0.25, -0.2) is 9.97 Å². The fraction of sp³-hybridized carbons (Fsp3) is 0.529. The molecule has 1 unspecified atom stereocenters. The van der Waals surface area contributed by atoms with Crippen LogP contribution in [0.25, 0.3) is 11.2 Å². The van der Waals surface area contributed by atoms with Crippen LogP contribution >= 0.6 is 0 Å². The van der Waals surface area contributed by atoms with E-state index in [0.717, 1.165) is 37.1 Å². The van der Waals surface area contributed by atoms with Gasteiger partial charge in [-0.15, -0.1) is 0 Å². The van der Waals surface area contributed by atoms with Crippen LogP contribution in [-0.2, 0) is 9.53 Å². The van der Waals surface area contributed by atoms with Gasteiger partial charge in [0.1, 0.15) is 5.52 Å². The van der Waals surface area contributed by atoms with Gasteiger partial charge >= 0.3 is 0 Å². The lowest BCUT2D eigenvalue weighted by Crippen LogP contribution is -2.48. The number of pyridine rings is 1. The zero-order chi connectivity index (χ0) is 16.4. The van der Waals surface area contributed by atoms with Crippen LogP contribution in [0.1, 0.15) is 12.8 Å². The molecule has 7 heteroatoms. The average Bonchev–Trinajstić information content (AvgIpc) is 2.68. The van der Waals surface area contributed by atoms with Crippen LogP contribution in [0.4, 0.5) is 5.69 Å². The van der Waals surface area contributed by atoms with Gasteiger partial charge < -0.3 is 14.5 Å². The SMILES string of the molecule is O=C(C1CCCN(c2cnc3nccnc3c2)C1)N1CCOCC1. The van der Waals surface area contributed by atoms with E-state index < -0.39 is 0 Å². The maximum Gasteiger partial charge on any atom is 0.227 e. The Morgan fingerprint density at radius 2 is 1.96 bits per heavy atom. The Balaban J connectivity index is 1.50. The first kappa shape index (κ1) is 15.3. The number of morpholine rings is 1. The second-order valence-electron chi connectivity index (χ2n) is 6.32. The molecule has 126 valence electrons. The third-order valence-corrected chi connectivity index (χ3v) is 4.77. The lowest BCUT2D eigenvalue weighted by Gasteiger charge is -2.37. The number of hydrogen-bond donors (Lipinski definition) is 0. The van der Waals surface area contributed by atoms with Crippen molar-refractivity contribution in [3.05, 3.63) is 24.7 Å². The van der Waals surface area contributed by atoms with Crippen LogP contribution in [0.3, 0.4) is 0 Å². The third-order valence-electron chi connectivity index (χ3n) is 4.77. The number of rotatable bonds is 2. The van der Waals surface area contributed by atoms with Crippen LogP contribution in [0.15, 0.2) is 24.7 Å². The van der Waals surface area contributed by atoms with Gasteiger partial charge in [-0.3, -0.25) is 9.78 Å². The summed E-state index contributed by atoms with van der Waals surface area (Å²) in [5.41, 5.74) is 2.46. The van der Waals surface area contributed by atoms with E-state index in [-0.39, 0.29) is 11.8 Å².